The number of aromatic nitrogens is 2. The van der Waals surface area contributed by atoms with Crippen LogP contribution >= 0.6 is 0 Å². The number of hydrogen-bond donors (Lipinski definition) is 1. The lowest BCUT2D eigenvalue weighted by Crippen LogP contribution is -2.08. The third-order valence-electron chi connectivity index (χ3n) is 3.03. The molecule has 94 valence electrons. The van der Waals surface area contributed by atoms with Crippen molar-refractivity contribution in [1.82, 2.24) is 9.55 Å². The first-order valence-corrected chi connectivity index (χ1v) is 5.94. The number of rotatable bonds is 3. The van der Waals surface area contributed by atoms with Crippen molar-refractivity contribution in [2.24, 2.45) is 0 Å². The Labute approximate surface area is 109 Å². The minimum Gasteiger partial charge on any atom is -0.508 e. The van der Waals surface area contributed by atoms with Crippen LogP contribution in [0.25, 0.3) is 10.8 Å². The summed E-state index contributed by atoms with van der Waals surface area (Å²) >= 11 is 0. The predicted molar refractivity (Wildman–Crippen MR) is 72.2 cm³/mol. The molecule has 0 saturated heterocycles. The maximum Gasteiger partial charge on any atom is 0.182 e. The Hall–Kier alpha value is -2.62. The molecule has 0 amide bonds. The van der Waals surface area contributed by atoms with E-state index in [1.54, 1.807) is 47.6 Å². The molecular weight excluding hydrogens is 240 g/mol. The molecule has 3 rings (SSSR count). The van der Waals surface area contributed by atoms with Gasteiger partial charge in [0.05, 0.1) is 12.9 Å². The Balaban J connectivity index is 1.92. The normalized spacial score (nSPS) is 10.7. The van der Waals surface area contributed by atoms with Crippen LogP contribution in [0.15, 0.2) is 55.1 Å². The number of carbonyl (C=O) groups is 1. The number of phenolic OH excluding ortho intramolecular Hbond substituents is 1. The molecule has 0 aliphatic carbocycles. The number of imidazole rings is 1. The molecule has 0 spiro atoms. The number of ketones is 1. The first-order chi connectivity index (χ1) is 9.22. The standard InChI is InChI=1S/C15H12N2O2/c18-14-4-3-11-7-13(2-1-12(11)8-14)15(19)9-17-6-5-16-10-17/h1-8,10,18H,9H2. The third-order valence-corrected chi connectivity index (χ3v) is 3.03. The van der Waals surface area contributed by atoms with Crippen LogP contribution in [0.3, 0.4) is 0 Å². The molecule has 0 bridgehead atoms. The molecule has 1 heterocycles. The van der Waals surface area contributed by atoms with E-state index in [-0.39, 0.29) is 18.1 Å². The van der Waals surface area contributed by atoms with E-state index in [1.165, 1.54) is 0 Å². The molecule has 3 aromatic rings. The Morgan fingerprint density at radius 3 is 2.74 bits per heavy atom. The monoisotopic (exact) mass is 252 g/mol. The van der Waals surface area contributed by atoms with E-state index in [4.69, 9.17) is 0 Å². The predicted octanol–water partition coefficient (Wildman–Crippen LogP) is 2.62. The van der Waals surface area contributed by atoms with Crippen LogP contribution in [-0.2, 0) is 6.54 Å². The lowest BCUT2D eigenvalue weighted by Gasteiger charge is -2.04. The molecule has 0 radical (unpaired) electrons. The van der Waals surface area contributed by atoms with Crippen molar-refractivity contribution in [3.05, 3.63) is 60.7 Å². The molecule has 0 aliphatic rings. The molecule has 0 fully saturated rings. The number of aromatic hydroxyl groups is 1. The minimum absolute atomic E-state index is 0.0352. The number of Topliss-reactive ketones (excluding diaryl/α,β-unsaturated/α-hetero) is 1. The summed E-state index contributed by atoms with van der Waals surface area (Å²) in [5.74, 6) is 0.262. The molecule has 19 heavy (non-hydrogen) atoms. The van der Waals surface area contributed by atoms with Crippen LogP contribution in [0.2, 0.25) is 0 Å². The number of benzene rings is 2. The van der Waals surface area contributed by atoms with E-state index in [9.17, 15) is 9.90 Å². The lowest BCUT2D eigenvalue weighted by atomic mass is 10.0. The maximum atomic E-state index is 12.1. The van der Waals surface area contributed by atoms with Crippen LogP contribution in [0.5, 0.6) is 5.75 Å². The molecule has 1 N–H and O–H groups in total. The SMILES string of the molecule is O=C(Cn1ccnc1)c1ccc2cc(O)ccc2c1. The first kappa shape index (κ1) is 11.5. The summed E-state index contributed by atoms with van der Waals surface area (Å²) in [6.07, 6.45) is 5.03. The number of nitrogens with zero attached hydrogens (tertiary/aromatic N) is 2. The Bertz CT molecular complexity index is 733. The molecule has 0 atom stereocenters. The van der Waals surface area contributed by atoms with Crippen molar-refractivity contribution in [2.75, 3.05) is 0 Å². The van der Waals surface area contributed by atoms with Gasteiger partial charge in [0, 0.05) is 18.0 Å². The summed E-state index contributed by atoms with van der Waals surface area (Å²) < 4.78 is 1.74. The van der Waals surface area contributed by atoms with Crippen molar-refractivity contribution >= 4 is 16.6 Å². The van der Waals surface area contributed by atoms with Gasteiger partial charge in [0.15, 0.2) is 5.78 Å². The number of hydrogen-bond acceptors (Lipinski definition) is 3. The van der Waals surface area contributed by atoms with Crippen molar-refractivity contribution in [2.45, 2.75) is 6.54 Å². The van der Waals surface area contributed by atoms with Crippen LogP contribution in [0, 0.1) is 0 Å². The summed E-state index contributed by atoms with van der Waals surface area (Å²) in [6.45, 7) is 0.281. The van der Waals surface area contributed by atoms with Crippen molar-refractivity contribution in [3.8, 4) is 5.75 Å². The van der Waals surface area contributed by atoms with Gasteiger partial charge in [0.25, 0.3) is 0 Å². The smallest absolute Gasteiger partial charge is 0.182 e. The topological polar surface area (TPSA) is 55.1 Å². The van der Waals surface area contributed by atoms with Gasteiger partial charge in [-0.2, -0.15) is 0 Å². The quantitative estimate of drug-likeness (QED) is 0.729. The van der Waals surface area contributed by atoms with E-state index in [0.717, 1.165) is 10.8 Å². The zero-order chi connectivity index (χ0) is 13.2. The van der Waals surface area contributed by atoms with Gasteiger partial charge < -0.3 is 9.67 Å². The molecular formula is C15H12N2O2. The summed E-state index contributed by atoms with van der Waals surface area (Å²) in [7, 11) is 0. The van der Waals surface area contributed by atoms with Crippen molar-refractivity contribution in [3.63, 3.8) is 0 Å². The zero-order valence-electron chi connectivity index (χ0n) is 10.2. The molecule has 1 aromatic heterocycles. The average Bonchev–Trinajstić information content (AvgIpc) is 2.91. The number of fused-ring (bicyclic) bond motifs is 1. The van der Waals surface area contributed by atoms with Gasteiger partial charge >= 0.3 is 0 Å². The van der Waals surface area contributed by atoms with Gasteiger partial charge in [-0.25, -0.2) is 4.98 Å². The lowest BCUT2D eigenvalue weighted by molar-refractivity contribution is 0.0972. The summed E-state index contributed by atoms with van der Waals surface area (Å²) in [5, 5.41) is 11.3. The highest BCUT2D eigenvalue weighted by Gasteiger charge is 2.07. The first-order valence-electron chi connectivity index (χ1n) is 5.94. The molecule has 0 unspecified atom stereocenters. The Kier molecular flexibility index (Phi) is 2.76. The molecule has 0 aliphatic heterocycles. The molecule has 2 aromatic carbocycles. The second-order valence-electron chi connectivity index (χ2n) is 4.40. The van der Waals surface area contributed by atoms with Crippen LogP contribution in [0.4, 0.5) is 0 Å². The van der Waals surface area contributed by atoms with E-state index in [0.29, 0.717) is 5.56 Å². The van der Waals surface area contributed by atoms with E-state index in [2.05, 4.69) is 4.98 Å². The second kappa shape index (κ2) is 4.57. The Morgan fingerprint density at radius 2 is 1.95 bits per heavy atom. The van der Waals surface area contributed by atoms with E-state index < -0.39 is 0 Å². The fraction of sp³-hybridized carbons (Fsp3) is 0.0667. The van der Waals surface area contributed by atoms with Gasteiger partial charge in [-0.3, -0.25) is 4.79 Å². The molecule has 4 nitrogen and oxygen atoms in total. The van der Waals surface area contributed by atoms with Crippen molar-refractivity contribution in [1.29, 1.82) is 0 Å². The second-order valence-corrected chi connectivity index (χ2v) is 4.40. The Morgan fingerprint density at radius 1 is 1.16 bits per heavy atom. The van der Waals surface area contributed by atoms with Gasteiger partial charge in [0.2, 0.25) is 0 Å². The summed E-state index contributed by atoms with van der Waals surface area (Å²) in [4.78, 5) is 16.0. The number of carbonyl (C=O) groups excluding carboxylic acids is 1. The van der Waals surface area contributed by atoms with Crippen LogP contribution in [-0.4, -0.2) is 20.4 Å². The average molecular weight is 252 g/mol. The molecule has 4 heteroatoms. The number of phenols is 1. The van der Waals surface area contributed by atoms with Crippen LogP contribution in [0.1, 0.15) is 10.4 Å². The van der Waals surface area contributed by atoms with Gasteiger partial charge in [0.1, 0.15) is 5.75 Å². The highest BCUT2D eigenvalue weighted by Crippen LogP contribution is 2.21. The van der Waals surface area contributed by atoms with Gasteiger partial charge in [-0.15, -0.1) is 0 Å². The van der Waals surface area contributed by atoms with Gasteiger partial charge in [-0.05, 0) is 29.0 Å². The summed E-state index contributed by atoms with van der Waals surface area (Å²) in [5.41, 5.74) is 0.659. The largest absolute Gasteiger partial charge is 0.508 e. The highest BCUT2D eigenvalue weighted by atomic mass is 16.3. The maximum absolute atomic E-state index is 12.1. The third kappa shape index (κ3) is 2.33. The van der Waals surface area contributed by atoms with Gasteiger partial charge in [-0.1, -0.05) is 18.2 Å². The minimum atomic E-state index is 0.0352. The summed E-state index contributed by atoms with van der Waals surface area (Å²) in [6, 6.07) is 10.6. The zero-order valence-corrected chi connectivity index (χ0v) is 10.2. The van der Waals surface area contributed by atoms with Crippen LogP contribution < -0.4 is 0 Å². The van der Waals surface area contributed by atoms with E-state index in [1.807, 2.05) is 12.1 Å². The molecule has 0 saturated carbocycles. The highest BCUT2D eigenvalue weighted by molar-refractivity contribution is 6.00. The van der Waals surface area contributed by atoms with Crippen molar-refractivity contribution < 1.29 is 9.90 Å². The fourth-order valence-corrected chi connectivity index (χ4v) is 2.04. The fourth-order valence-electron chi connectivity index (χ4n) is 2.04. The van der Waals surface area contributed by atoms with E-state index >= 15 is 0 Å².